The number of anilines is 2. The van der Waals surface area contributed by atoms with E-state index >= 15 is 0 Å². The highest BCUT2D eigenvalue weighted by molar-refractivity contribution is 7.15. The van der Waals surface area contributed by atoms with Gasteiger partial charge in [0.25, 0.3) is 0 Å². The van der Waals surface area contributed by atoms with Crippen molar-refractivity contribution in [2.45, 2.75) is 26.3 Å². The standard InChI is InChI=1S/C14H17N3S/c1-10-4-5-13-11(7-10)3-2-6-17(13)14-16-9-12(8-15)18-14/h4-5,7,9H,2-3,6,8,15H2,1H3. The molecule has 0 saturated carbocycles. The molecule has 0 bridgehead atoms. The maximum atomic E-state index is 5.66. The van der Waals surface area contributed by atoms with Crippen LogP contribution in [0.25, 0.3) is 0 Å². The van der Waals surface area contributed by atoms with E-state index in [0.29, 0.717) is 6.54 Å². The highest BCUT2D eigenvalue weighted by Crippen LogP contribution is 2.35. The van der Waals surface area contributed by atoms with Gasteiger partial charge in [0.1, 0.15) is 0 Å². The number of thiazole rings is 1. The molecule has 0 fully saturated rings. The summed E-state index contributed by atoms with van der Waals surface area (Å²) < 4.78 is 0. The topological polar surface area (TPSA) is 42.2 Å². The van der Waals surface area contributed by atoms with Crippen molar-refractivity contribution >= 4 is 22.2 Å². The fraction of sp³-hybridized carbons (Fsp3) is 0.357. The summed E-state index contributed by atoms with van der Waals surface area (Å²) in [6.45, 7) is 3.77. The summed E-state index contributed by atoms with van der Waals surface area (Å²) in [5.74, 6) is 0. The van der Waals surface area contributed by atoms with Crippen molar-refractivity contribution in [3.8, 4) is 0 Å². The van der Waals surface area contributed by atoms with Crippen LogP contribution in [0.5, 0.6) is 0 Å². The number of fused-ring (bicyclic) bond motifs is 1. The largest absolute Gasteiger partial charge is 0.326 e. The zero-order valence-electron chi connectivity index (χ0n) is 10.5. The molecule has 2 aromatic rings. The first kappa shape index (κ1) is 11.7. The molecule has 0 unspecified atom stereocenters. The molecule has 0 radical (unpaired) electrons. The van der Waals surface area contributed by atoms with Crippen LogP contribution in [-0.4, -0.2) is 11.5 Å². The minimum absolute atomic E-state index is 0.576. The van der Waals surface area contributed by atoms with E-state index in [1.165, 1.54) is 29.7 Å². The van der Waals surface area contributed by atoms with Gasteiger partial charge in [-0.05, 0) is 31.4 Å². The third-order valence-electron chi connectivity index (χ3n) is 3.33. The van der Waals surface area contributed by atoms with E-state index in [1.54, 1.807) is 11.3 Å². The Kier molecular flexibility index (Phi) is 3.06. The lowest BCUT2D eigenvalue weighted by atomic mass is 10.0. The molecule has 3 rings (SSSR count). The summed E-state index contributed by atoms with van der Waals surface area (Å²) in [6.07, 6.45) is 4.25. The second-order valence-electron chi connectivity index (χ2n) is 4.70. The second-order valence-corrected chi connectivity index (χ2v) is 5.79. The quantitative estimate of drug-likeness (QED) is 0.901. The van der Waals surface area contributed by atoms with Gasteiger partial charge in [0.2, 0.25) is 0 Å². The van der Waals surface area contributed by atoms with Gasteiger partial charge in [-0.15, -0.1) is 11.3 Å². The van der Waals surface area contributed by atoms with Crippen LogP contribution in [0, 0.1) is 6.92 Å². The Morgan fingerprint density at radius 2 is 2.33 bits per heavy atom. The number of hydrogen-bond acceptors (Lipinski definition) is 4. The first-order valence-electron chi connectivity index (χ1n) is 6.30. The Bertz CT molecular complexity index is 562. The van der Waals surface area contributed by atoms with Crippen molar-refractivity contribution in [1.82, 2.24) is 4.98 Å². The fourth-order valence-electron chi connectivity index (χ4n) is 2.44. The van der Waals surface area contributed by atoms with E-state index in [4.69, 9.17) is 5.73 Å². The molecule has 1 aromatic heterocycles. The Morgan fingerprint density at radius 1 is 1.44 bits per heavy atom. The summed E-state index contributed by atoms with van der Waals surface area (Å²) in [5, 5.41) is 1.07. The lowest BCUT2D eigenvalue weighted by Gasteiger charge is -2.29. The average molecular weight is 259 g/mol. The lowest BCUT2D eigenvalue weighted by Crippen LogP contribution is -2.24. The number of aryl methyl sites for hydroxylation is 2. The van der Waals surface area contributed by atoms with Crippen LogP contribution >= 0.6 is 11.3 Å². The van der Waals surface area contributed by atoms with E-state index in [2.05, 4.69) is 35.0 Å². The molecule has 94 valence electrons. The van der Waals surface area contributed by atoms with Crippen LogP contribution < -0.4 is 10.6 Å². The van der Waals surface area contributed by atoms with Crippen LogP contribution in [0.4, 0.5) is 10.8 Å². The number of nitrogens with zero attached hydrogens (tertiary/aromatic N) is 2. The van der Waals surface area contributed by atoms with Gasteiger partial charge in [0, 0.05) is 29.9 Å². The third-order valence-corrected chi connectivity index (χ3v) is 4.37. The average Bonchev–Trinajstić information content (AvgIpc) is 2.86. The molecule has 3 nitrogen and oxygen atoms in total. The molecule has 0 spiro atoms. The van der Waals surface area contributed by atoms with Gasteiger partial charge < -0.3 is 10.6 Å². The molecule has 0 amide bonds. The van der Waals surface area contributed by atoms with Crippen LogP contribution in [-0.2, 0) is 13.0 Å². The third kappa shape index (κ3) is 2.02. The summed E-state index contributed by atoms with van der Waals surface area (Å²) in [4.78, 5) is 7.96. The highest BCUT2D eigenvalue weighted by Gasteiger charge is 2.20. The molecule has 1 aromatic carbocycles. The summed E-state index contributed by atoms with van der Waals surface area (Å²) >= 11 is 1.70. The van der Waals surface area contributed by atoms with Gasteiger partial charge in [-0.2, -0.15) is 0 Å². The minimum atomic E-state index is 0.576. The van der Waals surface area contributed by atoms with E-state index < -0.39 is 0 Å². The molecule has 0 saturated heterocycles. The van der Waals surface area contributed by atoms with Crippen molar-refractivity contribution in [3.63, 3.8) is 0 Å². The Labute approximate surface area is 111 Å². The van der Waals surface area contributed by atoms with Gasteiger partial charge >= 0.3 is 0 Å². The van der Waals surface area contributed by atoms with Crippen LogP contribution in [0.15, 0.2) is 24.4 Å². The molecule has 1 aliphatic rings. The molecule has 4 heteroatoms. The maximum Gasteiger partial charge on any atom is 0.190 e. The van der Waals surface area contributed by atoms with E-state index in [9.17, 15) is 0 Å². The molecule has 18 heavy (non-hydrogen) atoms. The first-order chi connectivity index (χ1) is 8.78. The molecule has 1 aliphatic heterocycles. The van der Waals surface area contributed by atoms with Crippen LogP contribution in [0.1, 0.15) is 22.4 Å². The SMILES string of the molecule is Cc1ccc2c(c1)CCCN2c1ncc(CN)s1. The normalized spacial score (nSPS) is 14.7. The number of aromatic nitrogens is 1. The van der Waals surface area contributed by atoms with Gasteiger partial charge in [-0.25, -0.2) is 4.98 Å². The summed E-state index contributed by atoms with van der Waals surface area (Å²) in [6, 6.07) is 6.68. The minimum Gasteiger partial charge on any atom is -0.326 e. The number of rotatable bonds is 2. The predicted molar refractivity (Wildman–Crippen MR) is 76.5 cm³/mol. The number of hydrogen-bond donors (Lipinski definition) is 1. The van der Waals surface area contributed by atoms with Crippen LogP contribution in [0.3, 0.4) is 0 Å². The number of benzene rings is 1. The number of nitrogens with two attached hydrogens (primary N) is 1. The van der Waals surface area contributed by atoms with Gasteiger partial charge in [-0.3, -0.25) is 0 Å². The van der Waals surface area contributed by atoms with E-state index in [-0.39, 0.29) is 0 Å². The zero-order valence-corrected chi connectivity index (χ0v) is 11.3. The monoisotopic (exact) mass is 259 g/mol. The molecule has 0 atom stereocenters. The van der Waals surface area contributed by atoms with E-state index in [1.807, 2.05) is 6.20 Å². The van der Waals surface area contributed by atoms with Gasteiger partial charge in [-0.1, -0.05) is 17.7 Å². The Balaban J connectivity index is 2.00. The predicted octanol–water partition coefficient (Wildman–Crippen LogP) is 2.99. The zero-order chi connectivity index (χ0) is 12.5. The second kappa shape index (κ2) is 4.71. The Morgan fingerprint density at radius 3 is 3.11 bits per heavy atom. The van der Waals surface area contributed by atoms with Crippen molar-refractivity contribution in [2.24, 2.45) is 5.73 Å². The van der Waals surface area contributed by atoms with E-state index in [0.717, 1.165) is 16.6 Å². The van der Waals surface area contributed by atoms with Crippen molar-refractivity contribution in [2.75, 3.05) is 11.4 Å². The van der Waals surface area contributed by atoms with Crippen molar-refractivity contribution in [1.29, 1.82) is 0 Å². The smallest absolute Gasteiger partial charge is 0.190 e. The molecule has 2 N–H and O–H groups in total. The molecule has 2 heterocycles. The van der Waals surface area contributed by atoms with Gasteiger partial charge in [0.15, 0.2) is 5.13 Å². The highest BCUT2D eigenvalue weighted by atomic mass is 32.1. The molecular weight excluding hydrogens is 242 g/mol. The Hall–Kier alpha value is -1.39. The maximum absolute atomic E-state index is 5.66. The molecule has 0 aliphatic carbocycles. The van der Waals surface area contributed by atoms with Crippen molar-refractivity contribution < 1.29 is 0 Å². The summed E-state index contributed by atoms with van der Waals surface area (Å²) in [7, 11) is 0. The van der Waals surface area contributed by atoms with Gasteiger partial charge in [0.05, 0.1) is 0 Å². The van der Waals surface area contributed by atoms with Crippen LogP contribution in [0.2, 0.25) is 0 Å². The lowest BCUT2D eigenvalue weighted by molar-refractivity contribution is 0.764. The fourth-order valence-corrected chi connectivity index (χ4v) is 3.27. The first-order valence-corrected chi connectivity index (χ1v) is 7.11. The van der Waals surface area contributed by atoms with Crippen molar-refractivity contribution in [3.05, 3.63) is 40.4 Å². The molecular formula is C14H17N3S. The summed E-state index contributed by atoms with van der Waals surface area (Å²) in [5.41, 5.74) is 9.74.